The average Bonchev–Trinajstić information content (AvgIpc) is 3.07. The van der Waals surface area contributed by atoms with Crippen LogP contribution >= 0.6 is 0 Å². The van der Waals surface area contributed by atoms with E-state index in [1.165, 1.54) is 17.5 Å². The van der Waals surface area contributed by atoms with Crippen molar-refractivity contribution in [3.05, 3.63) is 11.4 Å². The van der Waals surface area contributed by atoms with Gasteiger partial charge in [0.05, 0.1) is 24.5 Å². The van der Waals surface area contributed by atoms with Crippen molar-refractivity contribution in [1.82, 2.24) is 14.5 Å². The maximum atomic E-state index is 12.3. The van der Waals surface area contributed by atoms with E-state index in [0.717, 1.165) is 6.42 Å². The van der Waals surface area contributed by atoms with Crippen molar-refractivity contribution in [2.24, 2.45) is 5.92 Å². The van der Waals surface area contributed by atoms with E-state index in [1.807, 2.05) is 0 Å². The van der Waals surface area contributed by atoms with Gasteiger partial charge in [-0.15, -0.1) is 0 Å². The fraction of sp³-hybridized carbons (Fsp3) is 0.750. The van der Waals surface area contributed by atoms with Gasteiger partial charge in [0.25, 0.3) is 0 Å². The second-order valence-corrected chi connectivity index (χ2v) is 6.78. The van der Waals surface area contributed by atoms with E-state index in [2.05, 4.69) is 9.82 Å². The Balaban J connectivity index is 2.13. The Morgan fingerprint density at radius 1 is 1.42 bits per heavy atom. The predicted molar refractivity (Wildman–Crippen MR) is 71.3 cm³/mol. The molecule has 1 aromatic heterocycles. The summed E-state index contributed by atoms with van der Waals surface area (Å²) in [5, 5.41) is 13.1. The molecule has 0 bridgehead atoms. The molecule has 1 heterocycles. The Morgan fingerprint density at radius 3 is 2.68 bits per heavy atom. The molecule has 1 aliphatic rings. The average molecular weight is 287 g/mol. The van der Waals surface area contributed by atoms with Crippen LogP contribution in [0.25, 0.3) is 0 Å². The van der Waals surface area contributed by atoms with Crippen LogP contribution < -0.4 is 4.72 Å². The summed E-state index contributed by atoms with van der Waals surface area (Å²) in [5.41, 5.74) is 1.05. The topological polar surface area (TPSA) is 84.2 Å². The zero-order chi connectivity index (χ0) is 14.0. The Hall–Kier alpha value is -0.920. The SMILES string of the molecule is Cc1nn(CCO)c(C)c1S(=O)(=O)NCCC1CC1. The molecule has 19 heavy (non-hydrogen) atoms. The minimum atomic E-state index is -3.50. The van der Waals surface area contributed by atoms with Crippen LogP contribution in [0.15, 0.2) is 4.90 Å². The fourth-order valence-corrected chi connectivity index (χ4v) is 3.71. The molecule has 1 aromatic rings. The minimum absolute atomic E-state index is 0.0590. The van der Waals surface area contributed by atoms with Gasteiger partial charge in [-0.1, -0.05) is 12.8 Å². The molecule has 1 fully saturated rings. The second kappa shape index (κ2) is 5.60. The number of aliphatic hydroxyl groups is 1. The number of hydrogen-bond donors (Lipinski definition) is 2. The molecule has 7 heteroatoms. The largest absolute Gasteiger partial charge is 0.394 e. The van der Waals surface area contributed by atoms with Crippen LogP contribution in [0.2, 0.25) is 0 Å². The first-order valence-electron chi connectivity index (χ1n) is 6.60. The number of hydrogen-bond acceptors (Lipinski definition) is 4. The van der Waals surface area contributed by atoms with Crippen molar-refractivity contribution >= 4 is 10.0 Å². The zero-order valence-corrected chi connectivity index (χ0v) is 12.2. The summed E-state index contributed by atoms with van der Waals surface area (Å²) in [6.45, 7) is 4.12. The van der Waals surface area contributed by atoms with E-state index in [0.29, 0.717) is 30.4 Å². The Morgan fingerprint density at radius 2 is 2.11 bits per heavy atom. The molecular weight excluding hydrogens is 266 g/mol. The van der Waals surface area contributed by atoms with E-state index >= 15 is 0 Å². The molecule has 0 aliphatic heterocycles. The summed E-state index contributed by atoms with van der Waals surface area (Å²) in [7, 11) is -3.50. The molecule has 0 radical (unpaired) electrons. The van der Waals surface area contributed by atoms with Crippen molar-refractivity contribution in [3.8, 4) is 0 Å². The van der Waals surface area contributed by atoms with Gasteiger partial charge in [-0.25, -0.2) is 13.1 Å². The summed E-state index contributed by atoms with van der Waals surface area (Å²) in [4.78, 5) is 0.247. The molecule has 0 amide bonds. The molecule has 0 unspecified atom stereocenters. The number of rotatable bonds is 7. The van der Waals surface area contributed by atoms with Gasteiger partial charge in [0.1, 0.15) is 4.90 Å². The van der Waals surface area contributed by atoms with Crippen molar-refractivity contribution in [2.45, 2.75) is 44.6 Å². The molecule has 1 aliphatic carbocycles. The third kappa shape index (κ3) is 3.34. The quantitative estimate of drug-likeness (QED) is 0.768. The highest BCUT2D eigenvalue weighted by Gasteiger charge is 2.26. The van der Waals surface area contributed by atoms with Gasteiger partial charge in [0.2, 0.25) is 10.0 Å². The molecule has 0 atom stereocenters. The van der Waals surface area contributed by atoms with Crippen LogP contribution in [0.3, 0.4) is 0 Å². The molecule has 6 nitrogen and oxygen atoms in total. The number of nitrogens with zero attached hydrogens (tertiary/aromatic N) is 2. The van der Waals surface area contributed by atoms with Crippen LogP contribution in [-0.2, 0) is 16.6 Å². The monoisotopic (exact) mass is 287 g/mol. The van der Waals surface area contributed by atoms with Crippen molar-refractivity contribution in [1.29, 1.82) is 0 Å². The van der Waals surface area contributed by atoms with Crippen molar-refractivity contribution < 1.29 is 13.5 Å². The third-order valence-corrected chi connectivity index (χ3v) is 5.15. The number of aromatic nitrogens is 2. The second-order valence-electron chi connectivity index (χ2n) is 5.08. The first-order valence-corrected chi connectivity index (χ1v) is 8.08. The summed E-state index contributed by atoms with van der Waals surface area (Å²) < 4.78 is 28.7. The molecule has 0 spiro atoms. The van der Waals surface area contributed by atoms with Gasteiger partial charge in [0.15, 0.2) is 0 Å². The van der Waals surface area contributed by atoms with Gasteiger partial charge < -0.3 is 5.11 Å². The maximum absolute atomic E-state index is 12.3. The summed E-state index contributed by atoms with van der Waals surface area (Å²) in [5.74, 6) is 0.696. The van der Waals surface area contributed by atoms with Crippen molar-refractivity contribution in [3.63, 3.8) is 0 Å². The minimum Gasteiger partial charge on any atom is -0.394 e. The van der Waals surface area contributed by atoms with Gasteiger partial charge in [-0.2, -0.15) is 5.10 Å². The molecule has 0 aromatic carbocycles. The third-order valence-electron chi connectivity index (χ3n) is 3.44. The lowest BCUT2D eigenvalue weighted by Crippen LogP contribution is -2.26. The highest BCUT2D eigenvalue weighted by molar-refractivity contribution is 7.89. The lowest BCUT2D eigenvalue weighted by molar-refractivity contribution is 0.267. The van der Waals surface area contributed by atoms with E-state index in [9.17, 15) is 8.42 Å². The van der Waals surface area contributed by atoms with E-state index in [-0.39, 0.29) is 11.5 Å². The molecule has 2 rings (SSSR count). The van der Waals surface area contributed by atoms with Gasteiger partial charge in [-0.05, 0) is 26.2 Å². The molecular formula is C12H21N3O3S. The highest BCUT2D eigenvalue weighted by Crippen LogP contribution is 2.32. The van der Waals surface area contributed by atoms with Gasteiger partial charge >= 0.3 is 0 Å². The molecule has 1 saturated carbocycles. The van der Waals surface area contributed by atoms with Crippen molar-refractivity contribution in [2.75, 3.05) is 13.2 Å². The van der Waals surface area contributed by atoms with E-state index < -0.39 is 10.0 Å². The Bertz CT molecular complexity index is 547. The first-order chi connectivity index (χ1) is 8.95. The highest BCUT2D eigenvalue weighted by atomic mass is 32.2. The number of nitrogens with one attached hydrogen (secondary N) is 1. The van der Waals surface area contributed by atoms with Gasteiger partial charge in [-0.3, -0.25) is 4.68 Å². The predicted octanol–water partition coefficient (Wildman–Crippen LogP) is 0.571. The number of sulfonamides is 1. The Kier molecular flexibility index (Phi) is 4.27. The standard InChI is InChI=1S/C12H21N3O3S/c1-9-12(10(2)15(14-9)7-8-16)19(17,18)13-6-5-11-3-4-11/h11,13,16H,3-8H2,1-2H3. The maximum Gasteiger partial charge on any atom is 0.244 e. The molecule has 2 N–H and O–H groups in total. The molecule has 108 valence electrons. The molecule has 0 saturated heterocycles. The normalized spacial score (nSPS) is 15.9. The van der Waals surface area contributed by atoms with Crippen LogP contribution in [0.1, 0.15) is 30.7 Å². The lowest BCUT2D eigenvalue weighted by Gasteiger charge is -2.07. The zero-order valence-electron chi connectivity index (χ0n) is 11.4. The van der Waals surface area contributed by atoms with Gasteiger partial charge in [0, 0.05) is 6.54 Å². The van der Waals surface area contributed by atoms with Crippen LogP contribution in [0.4, 0.5) is 0 Å². The van der Waals surface area contributed by atoms with Crippen LogP contribution in [0, 0.1) is 19.8 Å². The summed E-state index contributed by atoms with van der Waals surface area (Å²) in [6.07, 6.45) is 3.34. The lowest BCUT2D eigenvalue weighted by atomic mass is 10.3. The summed E-state index contributed by atoms with van der Waals surface area (Å²) >= 11 is 0. The Labute approximate surface area is 113 Å². The van der Waals surface area contributed by atoms with Crippen LogP contribution in [-0.4, -0.2) is 36.5 Å². The summed E-state index contributed by atoms with van der Waals surface area (Å²) in [6, 6.07) is 0. The van der Waals surface area contributed by atoms with Crippen LogP contribution in [0.5, 0.6) is 0 Å². The first kappa shape index (κ1) is 14.5. The number of aliphatic hydroxyl groups excluding tert-OH is 1. The fourth-order valence-electron chi connectivity index (χ4n) is 2.26. The smallest absolute Gasteiger partial charge is 0.244 e. The van der Waals surface area contributed by atoms with E-state index in [1.54, 1.807) is 13.8 Å². The van der Waals surface area contributed by atoms with E-state index in [4.69, 9.17) is 5.11 Å². The number of aryl methyl sites for hydroxylation is 1.